The van der Waals surface area contributed by atoms with Gasteiger partial charge in [0, 0.05) is 5.56 Å². The third kappa shape index (κ3) is 4.62. The first kappa shape index (κ1) is 21.8. The Bertz CT molecular complexity index is 1250. The number of hydrogen-bond acceptors (Lipinski definition) is 5. The van der Waals surface area contributed by atoms with Crippen molar-refractivity contribution in [2.75, 3.05) is 12.1 Å². The van der Waals surface area contributed by atoms with Crippen molar-refractivity contribution in [3.05, 3.63) is 95.1 Å². The maximum Gasteiger partial charge on any atom is 0.335 e. The van der Waals surface area contributed by atoms with E-state index in [-0.39, 0.29) is 18.1 Å². The second kappa shape index (κ2) is 9.40. The van der Waals surface area contributed by atoms with Gasteiger partial charge >= 0.3 is 5.97 Å². The van der Waals surface area contributed by atoms with E-state index in [9.17, 15) is 9.59 Å². The second-order valence-corrected chi connectivity index (χ2v) is 7.37. The molecule has 1 aliphatic heterocycles. The largest absolute Gasteiger partial charge is 0.493 e. The summed E-state index contributed by atoms with van der Waals surface area (Å²) in [6.45, 7) is 1.99. The number of carbonyl (C=O) groups is 2. The van der Waals surface area contributed by atoms with Crippen LogP contribution in [0, 0.1) is 0 Å². The Morgan fingerprint density at radius 1 is 1.03 bits per heavy atom. The molecule has 0 saturated heterocycles. The lowest BCUT2D eigenvalue weighted by molar-refractivity contribution is -0.114. The van der Waals surface area contributed by atoms with Gasteiger partial charge in [0.2, 0.25) is 0 Å². The van der Waals surface area contributed by atoms with Gasteiger partial charge in [-0.05, 0) is 48.9 Å². The minimum Gasteiger partial charge on any atom is -0.493 e. The molecule has 7 heteroatoms. The van der Waals surface area contributed by atoms with Crippen LogP contribution in [0.25, 0.3) is 6.08 Å². The number of carbonyl (C=O) groups excluding carboxylic acids is 1. The van der Waals surface area contributed by atoms with Crippen molar-refractivity contribution in [2.45, 2.75) is 13.5 Å². The molecule has 3 aromatic carbocycles. The molecular weight excluding hydrogens is 420 g/mol. The summed E-state index contributed by atoms with van der Waals surface area (Å²) in [7, 11) is 1.55. The summed E-state index contributed by atoms with van der Waals surface area (Å²) in [5.41, 5.74) is 3.43. The fourth-order valence-electron chi connectivity index (χ4n) is 3.44. The molecule has 1 heterocycles. The van der Waals surface area contributed by atoms with Gasteiger partial charge in [-0.15, -0.1) is 0 Å². The van der Waals surface area contributed by atoms with Gasteiger partial charge in [-0.1, -0.05) is 42.5 Å². The highest BCUT2D eigenvalue weighted by molar-refractivity contribution is 6.32. The maximum atomic E-state index is 13.1. The van der Waals surface area contributed by atoms with Gasteiger partial charge in [0.05, 0.1) is 29.6 Å². The van der Waals surface area contributed by atoms with Crippen LogP contribution in [0.2, 0.25) is 0 Å². The SMILES string of the molecule is COc1cccc(/C=C2/C(=O)N(c3ccccc3)N=C2C)c1OCc1ccc(C(=O)O)cc1. The number of carboxylic acid groups (broad SMARTS) is 1. The highest BCUT2D eigenvalue weighted by Crippen LogP contribution is 2.34. The van der Waals surface area contributed by atoms with Crippen LogP contribution >= 0.6 is 0 Å². The topological polar surface area (TPSA) is 88.4 Å². The number of aromatic carboxylic acids is 1. The fourth-order valence-corrected chi connectivity index (χ4v) is 3.44. The van der Waals surface area contributed by atoms with Crippen LogP contribution in [0.15, 0.2) is 83.5 Å². The molecule has 0 unspecified atom stereocenters. The molecule has 0 spiro atoms. The van der Waals surface area contributed by atoms with Crippen molar-refractivity contribution in [1.29, 1.82) is 0 Å². The molecule has 0 atom stereocenters. The van der Waals surface area contributed by atoms with Gasteiger partial charge in [0.25, 0.3) is 5.91 Å². The Kier molecular flexibility index (Phi) is 6.22. The number of hydrogen-bond donors (Lipinski definition) is 1. The van der Waals surface area contributed by atoms with Crippen LogP contribution < -0.4 is 14.5 Å². The van der Waals surface area contributed by atoms with E-state index >= 15 is 0 Å². The summed E-state index contributed by atoms with van der Waals surface area (Å²) in [6, 6.07) is 21.1. The predicted octanol–water partition coefficient (Wildman–Crippen LogP) is 4.78. The highest BCUT2D eigenvalue weighted by atomic mass is 16.5. The molecule has 0 bridgehead atoms. The molecule has 1 aliphatic rings. The van der Waals surface area contributed by atoms with Crippen LogP contribution in [0.4, 0.5) is 5.69 Å². The highest BCUT2D eigenvalue weighted by Gasteiger charge is 2.29. The number of hydrazone groups is 1. The standard InChI is InChI=1S/C26H22N2O5/c1-17-22(25(29)28(27-17)21-8-4-3-5-9-21)15-20-7-6-10-23(32-2)24(20)33-16-18-11-13-19(14-12-18)26(30)31/h3-15H,16H2,1-2H3,(H,30,31)/b22-15+. The van der Waals surface area contributed by atoms with Gasteiger partial charge < -0.3 is 14.6 Å². The van der Waals surface area contributed by atoms with Crippen molar-refractivity contribution < 1.29 is 24.2 Å². The third-order valence-electron chi connectivity index (χ3n) is 5.18. The molecule has 1 N–H and O–H groups in total. The molecule has 7 nitrogen and oxygen atoms in total. The van der Waals surface area contributed by atoms with Crippen LogP contribution in [0.1, 0.15) is 28.4 Å². The summed E-state index contributed by atoms with van der Waals surface area (Å²) in [4.78, 5) is 24.1. The fraction of sp³-hybridized carbons (Fsp3) is 0.115. The number of anilines is 1. The smallest absolute Gasteiger partial charge is 0.335 e. The molecule has 4 rings (SSSR count). The molecule has 3 aromatic rings. The Morgan fingerprint density at radius 2 is 1.76 bits per heavy atom. The number of carboxylic acids is 1. The normalized spacial score (nSPS) is 14.4. The van der Waals surface area contributed by atoms with Crippen molar-refractivity contribution in [2.24, 2.45) is 5.10 Å². The predicted molar refractivity (Wildman–Crippen MR) is 126 cm³/mol. The first-order valence-electron chi connectivity index (χ1n) is 10.3. The molecule has 1 amide bonds. The zero-order valence-corrected chi connectivity index (χ0v) is 18.2. The lowest BCUT2D eigenvalue weighted by Crippen LogP contribution is -2.21. The summed E-state index contributed by atoms with van der Waals surface area (Å²) >= 11 is 0. The number of benzene rings is 3. The van der Waals surface area contributed by atoms with Crippen molar-refractivity contribution in [3.8, 4) is 11.5 Å². The molecule has 33 heavy (non-hydrogen) atoms. The number of rotatable bonds is 7. The van der Waals surface area contributed by atoms with Crippen LogP contribution in [-0.2, 0) is 11.4 Å². The Morgan fingerprint density at radius 3 is 2.42 bits per heavy atom. The molecule has 0 fully saturated rings. The Balaban J connectivity index is 1.62. The maximum absolute atomic E-state index is 13.1. The number of methoxy groups -OCH3 is 1. The van der Waals surface area contributed by atoms with Crippen LogP contribution in [0.3, 0.4) is 0 Å². The van der Waals surface area contributed by atoms with E-state index < -0.39 is 5.97 Å². The quantitative estimate of drug-likeness (QED) is 0.532. The van der Waals surface area contributed by atoms with Crippen LogP contribution in [-0.4, -0.2) is 29.8 Å². The Hall–Kier alpha value is -4.39. The van der Waals surface area contributed by atoms with E-state index in [1.54, 1.807) is 38.3 Å². The minimum absolute atomic E-state index is 0.202. The van der Waals surface area contributed by atoms with Gasteiger partial charge in [0.15, 0.2) is 11.5 Å². The lowest BCUT2D eigenvalue weighted by atomic mass is 10.1. The molecular formula is C26H22N2O5. The van der Waals surface area contributed by atoms with Gasteiger partial charge in [0.1, 0.15) is 6.61 Å². The van der Waals surface area contributed by atoms with Gasteiger partial charge in [-0.2, -0.15) is 10.1 Å². The van der Waals surface area contributed by atoms with E-state index in [0.717, 1.165) is 5.56 Å². The summed E-state index contributed by atoms with van der Waals surface area (Å²) in [5.74, 6) is -0.208. The van der Waals surface area contributed by atoms with Crippen molar-refractivity contribution in [1.82, 2.24) is 0 Å². The molecule has 0 saturated carbocycles. The van der Waals surface area contributed by atoms with E-state index in [4.69, 9.17) is 14.6 Å². The summed E-state index contributed by atoms with van der Waals surface area (Å²) in [6.07, 6.45) is 1.75. The molecule has 0 aliphatic carbocycles. The lowest BCUT2D eigenvalue weighted by Gasteiger charge is -2.14. The first-order chi connectivity index (χ1) is 16.0. The average molecular weight is 442 g/mol. The number of nitrogens with zero attached hydrogens (tertiary/aromatic N) is 2. The first-order valence-corrected chi connectivity index (χ1v) is 10.3. The Labute approximate surface area is 191 Å². The van der Waals surface area contributed by atoms with Gasteiger partial charge in [-0.25, -0.2) is 4.79 Å². The number of ether oxygens (including phenoxy) is 2. The second-order valence-electron chi connectivity index (χ2n) is 7.37. The van der Waals surface area contributed by atoms with Crippen LogP contribution in [0.5, 0.6) is 11.5 Å². The van der Waals surface area contributed by atoms with Crippen molar-refractivity contribution in [3.63, 3.8) is 0 Å². The van der Waals surface area contributed by atoms with Crippen molar-refractivity contribution >= 4 is 29.4 Å². The summed E-state index contributed by atoms with van der Waals surface area (Å²) in [5, 5.41) is 14.9. The minimum atomic E-state index is -0.982. The van der Waals surface area contributed by atoms with E-state index in [1.165, 1.54) is 17.1 Å². The monoisotopic (exact) mass is 442 g/mol. The molecule has 0 aromatic heterocycles. The van der Waals surface area contributed by atoms with E-state index in [0.29, 0.717) is 34.0 Å². The molecule has 0 radical (unpaired) electrons. The molecule has 166 valence electrons. The number of amides is 1. The third-order valence-corrected chi connectivity index (χ3v) is 5.18. The zero-order chi connectivity index (χ0) is 23.4. The van der Waals surface area contributed by atoms with E-state index in [2.05, 4.69) is 5.10 Å². The summed E-state index contributed by atoms with van der Waals surface area (Å²) < 4.78 is 11.5. The van der Waals surface area contributed by atoms with E-state index in [1.807, 2.05) is 42.5 Å². The van der Waals surface area contributed by atoms with Gasteiger partial charge in [-0.3, -0.25) is 4.79 Å². The zero-order valence-electron chi connectivity index (χ0n) is 18.2. The number of para-hydroxylation sites is 2. The average Bonchev–Trinajstić information content (AvgIpc) is 3.12.